The number of H-pyrrole nitrogens is 1. The van der Waals surface area contributed by atoms with Gasteiger partial charge in [-0.2, -0.15) is 0 Å². The largest absolute Gasteiger partial charge is 0.349 e. The molecule has 6 nitrogen and oxygen atoms in total. The molecule has 3 aromatic rings. The van der Waals surface area contributed by atoms with Crippen LogP contribution in [0.3, 0.4) is 0 Å². The van der Waals surface area contributed by atoms with Crippen LogP contribution >= 0.6 is 0 Å². The van der Waals surface area contributed by atoms with Gasteiger partial charge >= 0.3 is 0 Å². The monoisotopic (exact) mass is 404 g/mol. The normalized spacial score (nSPS) is 14.2. The molecule has 0 unspecified atom stereocenters. The number of anilines is 1. The van der Waals surface area contributed by atoms with Gasteiger partial charge in [-0.1, -0.05) is 31.9 Å². The highest BCUT2D eigenvalue weighted by atomic mass is 16.2. The minimum atomic E-state index is -0.00444. The van der Waals surface area contributed by atoms with E-state index in [0.717, 1.165) is 48.2 Å². The van der Waals surface area contributed by atoms with Gasteiger partial charge in [-0.25, -0.2) is 4.98 Å². The van der Waals surface area contributed by atoms with E-state index in [-0.39, 0.29) is 11.8 Å². The minimum absolute atomic E-state index is 0.00444. The van der Waals surface area contributed by atoms with Crippen LogP contribution in [-0.2, 0) is 17.6 Å². The second-order valence-electron chi connectivity index (χ2n) is 7.97. The molecular weight excluding hydrogens is 376 g/mol. The summed E-state index contributed by atoms with van der Waals surface area (Å²) in [6.07, 6.45) is 6.64. The molecule has 1 heterocycles. The molecule has 0 bridgehead atoms. The Morgan fingerprint density at radius 2 is 1.83 bits per heavy atom. The topological polar surface area (TPSA) is 86.9 Å². The van der Waals surface area contributed by atoms with Crippen molar-refractivity contribution in [1.29, 1.82) is 0 Å². The predicted molar refractivity (Wildman–Crippen MR) is 119 cm³/mol. The molecule has 0 atom stereocenters. The van der Waals surface area contributed by atoms with Gasteiger partial charge in [0.25, 0.3) is 5.91 Å². The molecule has 30 heavy (non-hydrogen) atoms. The lowest BCUT2D eigenvalue weighted by Gasteiger charge is -2.11. The number of imidazole rings is 1. The zero-order chi connectivity index (χ0) is 20.9. The van der Waals surface area contributed by atoms with Crippen molar-refractivity contribution < 1.29 is 9.59 Å². The Morgan fingerprint density at radius 1 is 1.07 bits per heavy atom. The molecule has 6 heteroatoms. The number of hydrogen-bond acceptors (Lipinski definition) is 3. The van der Waals surface area contributed by atoms with E-state index in [1.165, 1.54) is 18.4 Å². The van der Waals surface area contributed by atoms with Gasteiger partial charge in [0.15, 0.2) is 0 Å². The molecule has 4 rings (SSSR count). The van der Waals surface area contributed by atoms with Crippen LogP contribution < -0.4 is 10.6 Å². The molecule has 2 aromatic carbocycles. The van der Waals surface area contributed by atoms with Crippen molar-refractivity contribution in [2.24, 2.45) is 0 Å². The molecule has 0 saturated heterocycles. The Morgan fingerprint density at radius 3 is 2.57 bits per heavy atom. The molecule has 156 valence electrons. The summed E-state index contributed by atoms with van der Waals surface area (Å²) in [6, 6.07) is 13.9. The molecule has 3 N–H and O–H groups in total. The van der Waals surface area contributed by atoms with Crippen LogP contribution in [0.15, 0.2) is 42.5 Å². The summed E-state index contributed by atoms with van der Waals surface area (Å²) in [5.74, 6) is 0.915. The number of carbonyl (C=O) groups is 2. The van der Waals surface area contributed by atoms with E-state index < -0.39 is 0 Å². The van der Waals surface area contributed by atoms with Crippen LogP contribution in [0, 0.1) is 0 Å². The smallest absolute Gasteiger partial charge is 0.251 e. The third-order valence-electron chi connectivity index (χ3n) is 5.69. The fraction of sp³-hybridized carbons (Fsp3) is 0.375. The van der Waals surface area contributed by atoms with Crippen molar-refractivity contribution in [3.05, 3.63) is 59.4 Å². The van der Waals surface area contributed by atoms with Gasteiger partial charge in [-0.3, -0.25) is 9.59 Å². The van der Waals surface area contributed by atoms with Crippen LogP contribution in [0.25, 0.3) is 11.0 Å². The number of rotatable bonds is 7. The summed E-state index contributed by atoms with van der Waals surface area (Å²) in [6.45, 7) is 1.84. The van der Waals surface area contributed by atoms with Crippen LogP contribution in [0.4, 0.5) is 5.69 Å². The Hall–Kier alpha value is -3.15. The lowest BCUT2D eigenvalue weighted by atomic mass is 10.1. The van der Waals surface area contributed by atoms with Crippen molar-refractivity contribution in [3.8, 4) is 0 Å². The van der Waals surface area contributed by atoms with Gasteiger partial charge < -0.3 is 15.6 Å². The highest BCUT2D eigenvalue weighted by Gasteiger charge is 2.18. The van der Waals surface area contributed by atoms with Crippen LogP contribution in [0.2, 0.25) is 0 Å². The van der Waals surface area contributed by atoms with E-state index in [1.807, 2.05) is 49.4 Å². The third-order valence-corrected chi connectivity index (χ3v) is 5.69. The van der Waals surface area contributed by atoms with Crippen molar-refractivity contribution in [3.63, 3.8) is 0 Å². The first-order chi connectivity index (χ1) is 14.6. The van der Waals surface area contributed by atoms with Gasteiger partial charge in [0.2, 0.25) is 5.91 Å². The van der Waals surface area contributed by atoms with E-state index in [9.17, 15) is 9.59 Å². The summed E-state index contributed by atoms with van der Waals surface area (Å²) in [7, 11) is 0. The fourth-order valence-corrected chi connectivity index (χ4v) is 3.93. The summed E-state index contributed by atoms with van der Waals surface area (Å²) < 4.78 is 0. The molecule has 0 aliphatic heterocycles. The molecule has 0 spiro atoms. The van der Waals surface area contributed by atoms with E-state index in [0.29, 0.717) is 18.0 Å². The van der Waals surface area contributed by atoms with Crippen molar-refractivity contribution in [1.82, 2.24) is 15.3 Å². The number of aromatic amines is 1. The third kappa shape index (κ3) is 4.87. The minimum Gasteiger partial charge on any atom is -0.349 e. The molecule has 2 amide bonds. The average molecular weight is 405 g/mol. The van der Waals surface area contributed by atoms with Gasteiger partial charge in [0.1, 0.15) is 5.82 Å². The highest BCUT2D eigenvalue weighted by molar-refractivity contribution is 5.97. The number of benzene rings is 2. The Kier molecular flexibility index (Phi) is 6.12. The number of fused-ring (bicyclic) bond motifs is 1. The zero-order valence-electron chi connectivity index (χ0n) is 17.3. The van der Waals surface area contributed by atoms with Crippen LogP contribution in [0.5, 0.6) is 0 Å². The second kappa shape index (κ2) is 9.11. The van der Waals surface area contributed by atoms with E-state index in [2.05, 4.69) is 20.6 Å². The number of nitrogens with one attached hydrogen (secondary N) is 3. The Bertz CT molecular complexity index is 1030. The highest BCUT2D eigenvalue weighted by Crippen LogP contribution is 2.20. The molecule has 0 radical (unpaired) electrons. The first-order valence-electron chi connectivity index (χ1n) is 10.8. The SMILES string of the molecule is CCC(=O)Nc1ccc(CCc2nc3ccc(C(=O)NC4CCCC4)cc3[nH]2)cc1. The van der Waals surface area contributed by atoms with Crippen molar-refractivity contribution in [2.75, 3.05) is 5.32 Å². The standard InChI is InChI=1S/C24H28N4O2/c1-2-23(29)25-19-11-7-16(8-12-19)9-14-22-27-20-13-10-17(15-21(20)28-22)24(30)26-18-5-3-4-6-18/h7-8,10-13,15,18H,2-6,9,14H2,1H3,(H,25,29)(H,26,30)(H,27,28). The van der Waals surface area contributed by atoms with Crippen LogP contribution in [0.1, 0.15) is 60.8 Å². The predicted octanol–water partition coefficient (Wildman–Crippen LogP) is 4.37. The van der Waals surface area contributed by atoms with Gasteiger partial charge in [0, 0.05) is 30.1 Å². The first kappa shape index (κ1) is 20.1. The molecular formula is C24H28N4O2. The first-order valence-corrected chi connectivity index (χ1v) is 10.8. The van der Waals surface area contributed by atoms with Gasteiger partial charge in [-0.15, -0.1) is 0 Å². The number of amides is 2. The Balaban J connectivity index is 1.37. The molecule has 1 saturated carbocycles. The Labute approximate surface area is 176 Å². The maximum absolute atomic E-state index is 12.5. The number of nitrogens with zero attached hydrogens (tertiary/aromatic N) is 1. The van der Waals surface area contributed by atoms with E-state index in [4.69, 9.17) is 0 Å². The lowest BCUT2D eigenvalue weighted by molar-refractivity contribution is -0.115. The van der Waals surface area contributed by atoms with E-state index in [1.54, 1.807) is 0 Å². The fourth-order valence-electron chi connectivity index (χ4n) is 3.93. The maximum Gasteiger partial charge on any atom is 0.251 e. The second-order valence-corrected chi connectivity index (χ2v) is 7.97. The van der Waals surface area contributed by atoms with Crippen molar-refractivity contribution >= 4 is 28.5 Å². The average Bonchev–Trinajstić information content (AvgIpc) is 3.41. The summed E-state index contributed by atoms with van der Waals surface area (Å²) >= 11 is 0. The summed E-state index contributed by atoms with van der Waals surface area (Å²) in [5.41, 5.74) is 4.44. The summed E-state index contributed by atoms with van der Waals surface area (Å²) in [5, 5.41) is 5.99. The number of carbonyl (C=O) groups excluding carboxylic acids is 2. The molecule has 1 fully saturated rings. The number of aromatic nitrogens is 2. The van der Waals surface area contributed by atoms with E-state index >= 15 is 0 Å². The van der Waals surface area contributed by atoms with Crippen LogP contribution in [-0.4, -0.2) is 27.8 Å². The lowest BCUT2D eigenvalue weighted by Crippen LogP contribution is -2.32. The summed E-state index contributed by atoms with van der Waals surface area (Å²) in [4.78, 5) is 32.0. The number of hydrogen-bond donors (Lipinski definition) is 3. The van der Waals surface area contributed by atoms with Gasteiger partial charge in [-0.05, 0) is 55.2 Å². The van der Waals surface area contributed by atoms with Crippen molar-refractivity contribution in [2.45, 2.75) is 57.9 Å². The molecule has 1 aliphatic carbocycles. The maximum atomic E-state index is 12.5. The molecule has 1 aliphatic rings. The molecule has 1 aromatic heterocycles. The van der Waals surface area contributed by atoms with Gasteiger partial charge in [0.05, 0.1) is 11.0 Å². The quantitative estimate of drug-likeness (QED) is 0.546. The number of aryl methyl sites for hydroxylation is 2. The zero-order valence-corrected chi connectivity index (χ0v) is 17.3.